The fourth-order valence-electron chi connectivity index (χ4n) is 3.23. The van der Waals surface area contributed by atoms with Crippen molar-refractivity contribution in [3.05, 3.63) is 63.1 Å². The van der Waals surface area contributed by atoms with E-state index in [0.717, 1.165) is 21.7 Å². The number of carbonyl (C=O) groups is 1. The number of hydrogen-bond acceptors (Lipinski definition) is 6. The highest BCUT2D eigenvalue weighted by atomic mass is 32.2. The molecule has 1 amide bonds. The molecule has 4 aromatic rings. The van der Waals surface area contributed by atoms with Crippen molar-refractivity contribution >= 4 is 56.2 Å². The molecule has 0 spiro atoms. The largest absolute Gasteiger partial charge is 0.325 e. The third-order valence-corrected chi connectivity index (χ3v) is 7.56. The molecule has 4 rings (SSSR count). The molecule has 3 aromatic heterocycles. The van der Waals surface area contributed by atoms with Crippen LogP contribution in [0.5, 0.6) is 0 Å². The molecule has 0 aliphatic heterocycles. The van der Waals surface area contributed by atoms with E-state index in [4.69, 9.17) is 0 Å². The minimum Gasteiger partial charge on any atom is -0.325 e. The zero-order valence-corrected chi connectivity index (χ0v) is 19.3. The van der Waals surface area contributed by atoms with Crippen molar-refractivity contribution in [2.24, 2.45) is 7.05 Å². The summed E-state index contributed by atoms with van der Waals surface area (Å²) in [4.78, 5) is 32.0. The highest BCUT2D eigenvalue weighted by Gasteiger charge is 2.17. The number of para-hydroxylation sites is 1. The summed E-state index contributed by atoms with van der Waals surface area (Å²) in [6.07, 6.45) is 0. The first-order chi connectivity index (χ1) is 14.5. The maximum absolute atomic E-state index is 13.0. The normalized spacial score (nSPS) is 11.3. The van der Waals surface area contributed by atoms with Crippen LogP contribution in [0.3, 0.4) is 0 Å². The molecule has 154 valence electrons. The van der Waals surface area contributed by atoms with Gasteiger partial charge < -0.3 is 5.32 Å². The van der Waals surface area contributed by atoms with E-state index in [0.29, 0.717) is 21.3 Å². The first kappa shape index (κ1) is 20.8. The number of hydrogen-bond donors (Lipinski definition) is 1. The molecule has 0 fully saturated rings. The summed E-state index contributed by atoms with van der Waals surface area (Å²) in [7, 11) is 1.71. The molecule has 30 heavy (non-hydrogen) atoms. The van der Waals surface area contributed by atoms with E-state index in [-0.39, 0.29) is 17.2 Å². The molecule has 1 aromatic carbocycles. The second-order valence-corrected chi connectivity index (χ2v) is 9.89. The molecule has 3 heterocycles. The maximum atomic E-state index is 13.0. The molecule has 0 aliphatic carbocycles. The van der Waals surface area contributed by atoms with Gasteiger partial charge in [0.15, 0.2) is 5.16 Å². The Kier molecular flexibility index (Phi) is 6.08. The minimum atomic E-state index is -0.118. The Morgan fingerprint density at radius 3 is 2.73 bits per heavy atom. The third-order valence-electron chi connectivity index (χ3n) is 4.75. The second-order valence-electron chi connectivity index (χ2n) is 7.14. The van der Waals surface area contributed by atoms with Crippen LogP contribution in [0.15, 0.2) is 57.1 Å². The van der Waals surface area contributed by atoms with Crippen LogP contribution in [-0.2, 0) is 11.8 Å². The monoisotopic (exact) mass is 455 g/mol. The van der Waals surface area contributed by atoms with Gasteiger partial charge >= 0.3 is 0 Å². The van der Waals surface area contributed by atoms with E-state index >= 15 is 0 Å². The lowest BCUT2D eigenvalue weighted by atomic mass is 10.0. The first-order valence-electron chi connectivity index (χ1n) is 9.49. The van der Waals surface area contributed by atoms with Gasteiger partial charge in [-0.3, -0.25) is 14.2 Å². The van der Waals surface area contributed by atoms with Crippen molar-refractivity contribution in [3.63, 3.8) is 0 Å². The standard InChI is InChI=1S/C22H21N3O2S3/c1-13(2)14-7-4-5-8-16(14)23-18(26)12-30-22-24-20-19(21(27)25(22)3)15(11-29-20)17-9-6-10-28-17/h4-11,13H,12H2,1-3H3,(H,23,26). The Hall–Kier alpha value is -2.42. The highest BCUT2D eigenvalue weighted by Crippen LogP contribution is 2.34. The molecule has 5 nitrogen and oxygen atoms in total. The van der Waals surface area contributed by atoms with Gasteiger partial charge in [-0.1, -0.05) is 49.9 Å². The van der Waals surface area contributed by atoms with Gasteiger partial charge in [-0.15, -0.1) is 22.7 Å². The Bertz CT molecular complexity index is 1260. The van der Waals surface area contributed by atoms with Gasteiger partial charge in [-0.25, -0.2) is 4.98 Å². The van der Waals surface area contributed by atoms with Gasteiger partial charge in [0.25, 0.3) is 5.56 Å². The first-order valence-corrected chi connectivity index (χ1v) is 12.2. The fourth-order valence-corrected chi connectivity index (χ4v) is 5.80. The zero-order chi connectivity index (χ0) is 21.3. The average molecular weight is 456 g/mol. The van der Waals surface area contributed by atoms with E-state index in [9.17, 15) is 9.59 Å². The van der Waals surface area contributed by atoms with Crippen LogP contribution >= 0.6 is 34.4 Å². The summed E-state index contributed by atoms with van der Waals surface area (Å²) in [6.45, 7) is 4.19. The lowest BCUT2D eigenvalue weighted by Gasteiger charge is -2.13. The Morgan fingerprint density at radius 1 is 1.20 bits per heavy atom. The molecule has 0 saturated carbocycles. The van der Waals surface area contributed by atoms with Crippen LogP contribution in [0.4, 0.5) is 5.69 Å². The van der Waals surface area contributed by atoms with Gasteiger partial charge in [-0.05, 0) is 29.0 Å². The number of thioether (sulfide) groups is 1. The Morgan fingerprint density at radius 2 is 2.00 bits per heavy atom. The summed E-state index contributed by atoms with van der Waals surface area (Å²) in [5, 5.41) is 8.15. The number of anilines is 1. The third kappa shape index (κ3) is 4.08. The SMILES string of the molecule is CC(C)c1ccccc1NC(=O)CSc1nc2scc(-c3cccs3)c2c(=O)n1C. The summed E-state index contributed by atoms with van der Waals surface area (Å²) < 4.78 is 1.53. The Labute approximate surface area is 186 Å². The predicted molar refractivity (Wildman–Crippen MR) is 128 cm³/mol. The summed E-state index contributed by atoms with van der Waals surface area (Å²) in [5.74, 6) is 0.379. The molecule has 1 N–H and O–H groups in total. The maximum Gasteiger partial charge on any atom is 0.263 e. The van der Waals surface area contributed by atoms with E-state index < -0.39 is 0 Å². The molecular weight excluding hydrogens is 434 g/mol. The number of fused-ring (bicyclic) bond motifs is 1. The smallest absolute Gasteiger partial charge is 0.263 e. The average Bonchev–Trinajstić information content (AvgIpc) is 3.39. The van der Waals surface area contributed by atoms with Crippen molar-refractivity contribution < 1.29 is 4.79 Å². The van der Waals surface area contributed by atoms with Crippen molar-refractivity contribution in [1.82, 2.24) is 9.55 Å². The van der Waals surface area contributed by atoms with Crippen LogP contribution < -0.4 is 10.9 Å². The molecule has 0 saturated heterocycles. The van der Waals surface area contributed by atoms with Crippen molar-refractivity contribution in [1.29, 1.82) is 0 Å². The number of amides is 1. The zero-order valence-electron chi connectivity index (χ0n) is 16.8. The van der Waals surface area contributed by atoms with E-state index in [1.165, 1.54) is 27.7 Å². The fraction of sp³-hybridized carbons (Fsp3) is 0.227. The lowest BCUT2D eigenvalue weighted by molar-refractivity contribution is -0.113. The summed E-state index contributed by atoms with van der Waals surface area (Å²) >= 11 is 4.34. The number of benzene rings is 1. The summed E-state index contributed by atoms with van der Waals surface area (Å²) in [5.41, 5.74) is 2.77. The number of aromatic nitrogens is 2. The number of nitrogens with zero attached hydrogens (tertiary/aromatic N) is 2. The van der Waals surface area contributed by atoms with Crippen molar-refractivity contribution in [3.8, 4) is 10.4 Å². The number of rotatable bonds is 6. The Balaban J connectivity index is 1.54. The lowest BCUT2D eigenvalue weighted by Crippen LogP contribution is -2.21. The van der Waals surface area contributed by atoms with Crippen LogP contribution in [0.2, 0.25) is 0 Å². The van der Waals surface area contributed by atoms with E-state index in [1.807, 2.05) is 47.2 Å². The van der Waals surface area contributed by atoms with Gasteiger partial charge in [0.05, 0.1) is 11.1 Å². The predicted octanol–water partition coefficient (Wildman–Crippen LogP) is 5.58. The summed E-state index contributed by atoms with van der Waals surface area (Å²) in [6, 6.07) is 11.8. The number of thiophene rings is 2. The molecule has 0 aliphatic rings. The minimum absolute atomic E-state index is 0.0855. The quantitative estimate of drug-likeness (QED) is 0.305. The molecule has 0 radical (unpaired) electrons. The molecule has 8 heteroatoms. The van der Waals surface area contributed by atoms with Crippen LogP contribution in [-0.4, -0.2) is 21.2 Å². The van der Waals surface area contributed by atoms with Gasteiger partial charge in [0.1, 0.15) is 4.83 Å². The highest BCUT2D eigenvalue weighted by molar-refractivity contribution is 7.99. The van der Waals surface area contributed by atoms with Gasteiger partial charge in [0, 0.05) is 28.6 Å². The second kappa shape index (κ2) is 8.75. The van der Waals surface area contributed by atoms with Gasteiger partial charge in [0.2, 0.25) is 5.91 Å². The van der Waals surface area contributed by atoms with Crippen molar-refractivity contribution in [2.45, 2.75) is 24.9 Å². The molecule has 0 atom stereocenters. The van der Waals surface area contributed by atoms with E-state index in [1.54, 1.807) is 18.4 Å². The number of nitrogens with one attached hydrogen (secondary N) is 1. The molecule has 0 bridgehead atoms. The van der Waals surface area contributed by atoms with Gasteiger partial charge in [-0.2, -0.15) is 0 Å². The topological polar surface area (TPSA) is 64.0 Å². The van der Waals surface area contributed by atoms with Crippen LogP contribution in [0, 0.1) is 0 Å². The van der Waals surface area contributed by atoms with Crippen LogP contribution in [0.25, 0.3) is 20.7 Å². The van der Waals surface area contributed by atoms with E-state index in [2.05, 4.69) is 24.1 Å². The van der Waals surface area contributed by atoms with Crippen LogP contribution in [0.1, 0.15) is 25.3 Å². The van der Waals surface area contributed by atoms with Crippen molar-refractivity contribution in [2.75, 3.05) is 11.1 Å². The number of carbonyl (C=O) groups excluding carboxylic acids is 1. The molecule has 0 unspecified atom stereocenters. The molecular formula is C22H21N3O2S3.